The van der Waals surface area contributed by atoms with Crippen molar-refractivity contribution in [3.63, 3.8) is 0 Å². The molecule has 1 aromatic rings. The average molecular weight is 453 g/mol. The quantitative estimate of drug-likeness (QED) is 0.0982. The van der Waals surface area contributed by atoms with Crippen molar-refractivity contribution in [1.82, 2.24) is 0 Å². The van der Waals surface area contributed by atoms with Crippen LogP contribution < -0.4 is 39.3 Å². The molecule has 0 heterocycles. The van der Waals surface area contributed by atoms with Crippen LogP contribution in [-0.4, -0.2) is 6.61 Å². The third-order valence-corrected chi connectivity index (χ3v) is 5.24. The van der Waals surface area contributed by atoms with Crippen molar-refractivity contribution in [3.05, 3.63) is 30.3 Å². The summed E-state index contributed by atoms with van der Waals surface area (Å²) < 4.78 is 20.1. The molecule has 1 aromatic carbocycles. The largest absolute Gasteiger partial charge is 1.00 e. The molecule has 0 N–H and O–H groups in total. The second kappa shape index (κ2) is 21.0. The molecule has 6 nitrogen and oxygen atoms in total. The maximum Gasteiger partial charge on any atom is 1.00 e. The van der Waals surface area contributed by atoms with Crippen molar-refractivity contribution in [1.29, 1.82) is 0 Å². The molecule has 0 aliphatic carbocycles. The van der Waals surface area contributed by atoms with E-state index in [-0.39, 0.29) is 41.9 Å². The van der Waals surface area contributed by atoms with E-state index in [4.69, 9.17) is 4.89 Å². The Balaban J connectivity index is 0.00000841. The van der Waals surface area contributed by atoms with Crippen LogP contribution in [0.4, 0.5) is 0 Å². The van der Waals surface area contributed by atoms with E-state index < -0.39 is 7.82 Å². The van der Waals surface area contributed by atoms with Gasteiger partial charge in [-0.1, -0.05) is 109 Å². The van der Waals surface area contributed by atoms with Crippen molar-refractivity contribution in [2.75, 3.05) is 6.61 Å². The summed E-state index contributed by atoms with van der Waals surface area (Å²) in [6.07, 6.45) is 17.6. The van der Waals surface area contributed by atoms with Gasteiger partial charge in [-0.2, -0.15) is 4.67 Å². The average Bonchev–Trinajstić information content (AvgIpc) is 2.73. The molecule has 0 radical (unpaired) electrons. The molecule has 1 rings (SSSR count). The predicted molar refractivity (Wildman–Crippen MR) is 113 cm³/mol. The van der Waals surface area contributed by atoms with Gasteiger partial charge in [-0.3, -0.25) is 4.57 Å². The molecule has 0 bridgehead atoms. The molecule has 0 amide bonds. The zero-order valence-electron chi connectivity index (χ0n) is 18.9. The fourth-order valence-corrected chi connectivity index (χ4v) is 3.44. The number of unbranched alkanes of at least 4 members (excludes halogenated alkanes) is 13. The first kappa shape index (κ1) is 30.1. The van der Waals surface area contributed by atoms with Gasteiger partial charge in [0.1, 0.15) is 0 Å². The molecule has 0 aliphatic rings. The van der Waals surface area contributed by atoms with Crippen LogP contribution in [0.5, 0.6) is 5.75 Å². The topological polar surface area (TPSA) is 77.1 Å². The van der Waals surface area contributed by atoms with Gasteiger partial charge in [-0.25, -0.2) is 4.89 Å². The maximum atomic E-state index is 11.5. The van der Waals surface area contributed by atoms with Crippen molar-refractivity contribution in [2.45, 2.75) is 96.8 Å². The number of hydrogen-bond acceptors (Lipinski definition) is 6. The van der Waals surface area contributed by atoms with E-state index >= 15 is 0 Å². The number of benzene rings is 1. The molecule has 0 aromatic heterocycles. The van der Waals surface area contributed by atoms with Gasteiger partial charge >= 0.3 is 37.4 Å². The molecule has 0 saturated carbocycles. The molecule has 0 fully saturated rings. The van der Waals surface area contributed by atoms with Crippen molar-refractivity contribution in [2.24, 2.45) is 0 Å². The van der Waals surface area contributed by atoms with Crippen molar-refractivity contribution >= 4 is 7.82 Å². The molecule has 0 spiro atoms. The van der Waals surface area contributed by atoms with Gasteiger partial charge in [0.15, 0.2) is 5.75 Å². The van der Waals surface area contributed by atoms with E-state index in [1.165, 1.54) is 70.6 Å². The van der Waals surface area contributed by atoms with Crippen LogP contribution in [0, 0.1) is 0 Å². The van der Waals surface area contributed by atoms with E-state index in [1.807, 2.05) is 0 Å². The number of phosphoric acid groups is 1. The molecule has 0 aliphatic heterocycles. The Bertz CT molecular complexity index is 532. The van der Waals surface area contributed by atoms with Gasteiger partial charge in [0, 0.05) is 0 Å². The van der Waals surface area contributed by atoms with E-state index in [0.29, 0.717) is 0 Å². The third-order valence-electron chi connectivity index (χ3n) is 4.69. The van der Waals surface area contributed by atoms with Gasteiger partial charge in [-0.05, 0) is 18.6 Å². The fraction of sp³-hybridized carbons (Fsp3) is 0.727. The summed E-state index contributed by atoms with van der Waals surface area (Å²) in [7, 11) is -4.64. The van der Waals surface area contributed by atoms with Gasteiger partial charge < -0.3 is 9.78 Å². The van der Waals surface area contributed by atoms with Crippen LogP contribution in [0.25, 0.3) is 0 Å². The standard InChI is InChI=1S/C22H39O6P.Na/c1-2-3-4-5-6-7-8-9-10-11-12-13-14-18-21-25-27-29(23,24)28-26-22-19-16-15-17-20-22;/h15-17,19-20H,2-14,18,21H2,1H3,(H,23,24);/q;+1/p-1. The van der Waals surface area contributed by atoms with E-state index in [1.54, 1.807) is 30.3 Å². The van der Waals surface area contributed by atoms with Gasteiger partial charge in [0.2, 0.25) is 0 Å². The molecule has 0 saturated heterocycles. The second-order valence-electron chi connectivity index (χ2n) is 7.41. The normalized spacial score (nSPS) is 12.9. The first-order chi connectivity index (χ1) is 14.1. The SMILES string of the molecule is CCCCCCCCCCCCCCCCOOP(=O)([O-])OOc1ccccc1.[Na+]. The second-order valence-corrected chi connectivity index (χ2v) is 8.60. The smallest absolute Gasteiger partial charge is 0.752 e. The summed E-state index contributed by atoms with van der Waals surface area (Å²) in [5.74, 6) is 0.263. The Hall–Kier alpha value is 0.0900. The van der Waals surface area contributed by atoms with Gasteiger partial charge in [0.25, 0.3) is 0 Å². The molecular formula is C22H38NaO6P. The molecule has 1 atom stereocenters. The van der Waals surface area contributed by atoms with Crippen molar-refractivity contribution < 1.29 is 58.1 Å². The molecular weight excluding hydrogens is 414 g/mol. The Morgan fingerprint density at radius 3 is 1.70 bits per heavy atom. The summed E-state index contributed by atoms with van der Waals surface area (Å²) in [5, 5.41) is 0. The zero-order chi connectivity index (χ0) is 21.0. The number of para-hydroxylation sites is 1. The first-order valence-corrected chi connectivity index (χ1v) is 12.6. The molecule has 8 heteroatoms. The Kier molecular flexibility index (Phi) is 21.0. The molecule has 168 valence electrons. The van der Waals surface area contributed by atoms with E-state index in [0.717, 1.165) is 19.3 Å². The van der Waals surface area contributed by atoms with Crippen molar-refractivity contribution in [3.8, 4) is 5.75 Å². The van der Waals surface area contributed by atoms with Crippen LogP contribution in [-0.2, 0) is 18.8 Å². The van der Waals surface area contributed by atoms with Crippen LogP contribution in [0.3, 0.4) is 0 Å². The summed E-state index contributed by atoms with van der Waals surface area (Å²) in [5.41, 5.74) is 0. The Morgan fingerprint density at radius 1 is 0.733 bits per heavy atom. The van der Waals surface area contributed by atoms with Crippen LogP contribution >= 0.6 is 7.82 Å². The van der Waals surface area contributed by atoms with Gasteiger partial charge in [0.05, 0.1) is 6.61 Å². The van der Waals surface area contributed by atoms with Crippen LogP contribution in [0.2, 0.25) is 0 Å². The van der Waals surface area contributed by atoms with E-state index in [9.17, 15) is 9.46 Å². The van der Waals surface area contributed by atoms with E-state index in [2.05, 4.69) is 21.2 Å². The Labute approximate surface area is 204 Å². The minimum absolute atomic E-state index is 0. The monoisotopic (exact) mass is 452 g/mol. The van der Waals surface area contributed by atoms with Crippen LogP contribution in [0.1, 0.15) is 96.8 Å². The summed E-state index contributed by atoms with van der Waals surface area (Å²) in [6, 6.07) is 8.30. The number of hydrogen-bond donors (Lipinski definition) is 0. The summed E-state index contributed by atoms with van der Waals surface area (Å²) >= 11 is 0. The molecule has 1 unspecified atom stereocenters. The van der Waals surface area contributed by atoms with Crippen LogP contribution in [0.15, 0.2) is 30.3 Å². The third kappa shape index (κ3) is 18.8. The number of rotatable bonds is 20. The minimum atomic E-state index is -4.64. The zero-order valence-corrected chi connectivity index (χ0v) is 21.8. The van der Waals surface area contributed by atoms with Gasteiger partial charge in [-0.15, -0.1) is 4.67 Å². The summed E-state index contributed by atoms with van der Waals surface area (Å²) in [6.45, 7) is 2.46. The predicted octanol–water partition coefficient (Wildman–Crippen LogP) is 3.90. The Morgan fingerprint density at radius 2 is 1.20 bits per heavy atom. The maximum absolute atomic E-state index is 11.5. The fourth-order valence-electron chi connectivity index (χ4n) is 3.03. The minimum Gasteiger partial charge on any atom is -0.752 e. The molecule has 30 heavy (non-hydrogen) atoms. The first-order valence-electron chi connectivity index (χ1n) is 11.2. The summed E-state index contributed by atoms with van der Waals surface area (Å²) in [4.78, 5) is 20.9.